The quantitative estimate of drug-likeness (QED) is 0.717. The Labute approximate surface area is 149 Å². The van der Waals surface area contributed by atoms with E-state index in [1.807, 2.05) is 13.0 Å². The first-order chi connectivity index (χ1) is 11.9. The van der Waals surface area contributed by atoms with Crippen LogP contribution in [0.15, 0.2) is 22.8 Å². The Balaban J connectivity index is 1.57. The van der Waals surface area contributed by atoms with Crippen molar-refractivity contribution in [2.75, 3.05) is 13.2 Å². The normalized spacial score (nSPS) is 48.2. The molecule has 2 saturated carbocycles. The summed E-state index contributed by atoms with van der Waals surface area (Å²) in [5, 5.41) is 11.6. The van der Waals surface area contributed by atoms with Crippen molar-refractivity contribution >= 4 is 0 Å². The minimum absolute atomic E-state index is 0.0835. The van der Waals surface area contributed by atoms with Crippen LogP contribution in [0.4, 0.5) is 4.39 Å². The SMILES string of the molecule is CC1=C2CC3(CCC2CC2C1=CC(F)[C@@]1(C)CCCC21O)OCCO3. The zero-order chi connectivity index (χ0) is 17.4. The van der Waals surface area contributed by atoms with Gasteiger partial charge in [0, 0.05) is 24.2 Å². The molecule has 1 spiro atoms. The van der Waals surface area contributed by atoms with Crippen molar-refractivity contribution in [3.05, 3.63) is 22.8 Å². The molecule has 1 N–H and O–H groups in total. The van der Waals surface area contributed by atoms with Crippen molar-refractivity contribution in [3.63, 3.8) is 0 Å². The van der Waals surface area contributed by atoms with E-state index < -0.39 is 23.0 Å². The Morgan fingerprint density at radius 2 is 1.96 bits per heavy atom. The molecule has 0 radical (unpaired) electrons. The second kappa shape index (κ2) is 5.17. The van der Waals surface area contributed by atoms with Crippen molar-refractivity contribution in [2.24, 2.45) is 17.3 Å². The standard InChI is InChI=1S/C21H29FO3/c1-13-15-11-18(22)19(2)5-3-6-21(19,23)17(15)10-14-4-7-20(12-16(13)14)24-8-9-25-20/h11,14,17-18,23H,3-10,12H2,1-2H3/t14?,17?,18?,19-,21?/m1/s1. The number of fused-ring (bicyclic) bond motifs is 4. The maximum absolute atomic E-state index is 15.1. The first-order valence-electron chi connectivity index (χ1n) is 9.95. The van der Waals surface area contributed by atoms with E-state index in [1.54, 1.807) is 0 Å². The summed E-state index contributed by atoms with van der Waals surface area (Å²) in [5.74, 6) is 0.120. The topological polar surface area (TPSA) is 38.7 Å². The van der Waals surface area contributed by atoms with Gasteiger partial charge in [-0.3, -0.25) is 0 Å². The molecule has 4 heteroatoms. The molecule has 1 aliphatic heterocycles. The average molecular weight is 348 g/mol. The predicted molar refractivity (Wildman–Crippen MR) is 92.7 cm³/mol. The van der Waals surface area contributed by atoms with Gasteiger partial charge in [0.05, 0.1) is 18.8 Å². The van der Waals surface area contributed by atoms with Crippen molar-refractivity contribution in [1.82, 2.24) is 0 Å². The summed E-state index contributed by atoms with van der Waals surface area (Å²) in [6, 6.07) is 0. The van der Waals surface area contributed by atoms with Crippen molar-refractivity contribution in [1.29, 1.82) is 0 Å². The number of allylic oxidation sites excluding steroid dienone is 2. The molecule has 3 fully saturated rings. The number of halogens is 1. The molecule has 4 unspecified atom stereocenters. The van der Waals surface area contributed by atoms with Gasteiger partial charge in [0.2, 0.25) is 0 Å². The van der Waals surface area contributed by atoms with E-state index in [1.165, 1.54) is 11.1 Å². The highest BCUT2D eigenvalue weighted by Crippen LogP contribution is 2.63. The van der Waals surface area contributed by atoms with Crippen molar-refractivity contribution in [3.8, 4) is 0 Å². The van der Waals surface area contributed by atoms with Gasteiger partial charge in [0.15, 0.2) is 5.79 Å². The Morgan fingerprint density at radius 1 is 1.20 bits per heavy atom. The third-order valence-electron chi connectivity index (χ3n) is 8.20. The fourth-order valence-corrected chi connectivity index (χ4v) is 6.60. The summed E-state index contributed by atoms with van der Waals surface area (Å²) in [5.41, 5.74) is 2.14. The van der Waals surface area contributed by atoms with E-state index in [0.29, 0.717) is 19.1 Å². The predicted octanol–water partition coefficient (Wildman–Crippen LogP) is 4.07. The molecule has 1 saturated heterocycles. The van der Waals surface area contributed by atoms with E-state index in [2.05, 4.69) is 6.92 Å². The highest BCUT2D eigenvalue weighted by atomic mass is 19.1. The third kappa shape index (κ3) is 2.02. The lowest BCUT2D eigenvalue weighted by atomic mass is 9.54. The highest BCUT2D eigenvalue weighted by molar-refractivity contribution is 5.46. The Kier molecular flexibility index (Phi) is 3.41. The largest absolute Gasteiger partial charge is 0.389 e. The minimum atomic E-state index is -1.06. The molecule has 5 rings (SSSR count). The fourth-order valence-electron chi connectivity index (χ4n) is 6.60. The molecule has 4 aliphatic carbocycles. The van der Waals surface area contributed by atoms with Gasteiger partial charge in [-0.25, -0.2) is 4.39 Å². The lowest BCUT2D eigenvalue weighted by molar-refractivity contribution is -0.174. The van der Waals surface area contributed by atoms with Crippen molar-refractivity contribution in [2.45, 2.75) is 76.4 Å². The van der Waals surface area contributed by atoms with E-state index in [-0.39, 0.29) is 5.92 Å². The van der Waals surface area contributed by atoms with Gasteiger partial charge < -0.3 is 14.6 Å². The molecule has 0 aromatic carbocycles. The maximum atomic E-state index is 15.1. The summed E-state index contributed by atoms with van der Waals surface area (Å²) in [4.78, 5) is 0. The van der Waals surface area contributed by atoms with Crippen LogP contribution in [0.2, 0.25) is 0 Å². The monoisotopic (exact) mass is 348 g/mol. The Morgan fingerprint density at radius 3 is 2.72 bits per heavy atom. The van der Waals surface area contributed by atoms with Crippen LogP contribution in [-0.4, -0.2) is 35.9 Å². The smallest absolute Gasteiger partial charge is 0.172 e. The van der Waals surface area contributed by atoms with Gasteiger partial charge in [-0.05, 0) is 62.2 Å². The van der Waals surface area contributed by atoms with E-state index in [9.17, 15) is 5.11 Å². The fraction of sp³-hybridized carbons (Fsp3) is 0.810. The molecule has 5 aliphatic rings. The number of alkyl halides is 1. The second-order valence-corrected chi connectivity index (χ2v) is 9.18. The summed E-state index contributed by atoms with van der Waals surface area (Å²) < 4.78 is 27.0. The van der Waals surface area contributed by atoms with Gasteiger partial charge in [-0.15, -0.1) is 0 Å². The number of aliphatic hydroxyl groups is 1. The number of rotatable bonds is 0. The third-order valence-corrected chi connectivity index (χ3v) is 8.20. The van der Waals surface area contributed by atoms with Crippen LogP contribution in [0.25, 0.3) is 0 Å². The van der Waals surface area contributed by atoms with Crippen LogP contribution in [0.1, 0.15) is 58.8 Å². The Hall–Kier alpha value is -0.710. The first kappa shape index (κ1) is 16.5. The molecule has 138 valence electrons. The van der Waals surface area contributed by atoms with Crippen LogP contribution in [0, 0.1) is 17.3 Å². The number of ether oxygens (including phenoxy) is 2. The van der Waals surface area contributed by atoms with Crippen LogP contribution in [0.5, 0.6) is 0 Å². The molecule has 0 aromatic heterocycles. The molecule has 0 amide bonds. The zero-order valence-electron chi connectivity index (χ0n) is 15.3. The summed E-state index contributed by atoms with van der Waals surface area (Å²) in [6.45, 7) is 5.44. The summed E-state index contributed by atoms with van der Waals surface area (Å²) in [6.07, 6.45) is 6.96. The number of hydrogen-bond acceptors (Lipinski definition) is 3. The van der Waals surface area contributed by atoms with Gasteiger partial charge in [0.1, 0.15) is 6.17 Å². The molecular formula is C21H29FO3. The van der Waals surface area contributed by atoms with Crippen LogP contribution in [-0.2, 0) is 9.47 Å². The first-order valence-corrected chi connectivity index (χ1v) is 9.95. The van der Waals surface area contributed by atoms with Crippen LogP contribution < -0.4 is 0 Å². The summed E-state index contributed by atoms with van der Waals surface area (Å²) in [7, 11) is 0. The summed E-state index contributed by atoms with van der Waals surface area (Å²) >= 11 is 0. The number of hydrogen-bond donors (Lipinski definition) is 1. The van der Waals surface area contributed by atoms with Gasteiger partial charge in [-0.2, -0.15) is 0 Å². The highest BCUT2D eigenvalue weighted by Gasteiger charge is 2.63. The molecule has 5 atom stereocenters. The van der Waals surface area contributed by atoms with Gasteiger partial charge >= 0.3 is 0 Å². The van der Waals surface area contributed by atoms with Gasteiger partial charge in [-0.1, -0.05) is 12.5 Å². The van der Waals surface area contributed by atoms with E-state index in [4.69, 9.17) is 9.47 Å². The zero-order valence-corrected chi connectivity index (χ0v) is 15.3. The lowest BCUT2D eigenvalue weighted by Crippen LogP contribution is -2.57. The van der Waals surface area contributed by atoms with Crippen LogP contribution >= 0.6 is 0 Å². The van der Waals surface area contributed by atoms with E-state index >= 15 is 4.39 Å². The maximum Gasteiger partial charge on any atom is 0.172 e. The molecular weight excluding hydrogens is 319 g/mol. The van der Waals surface area contributed by atoms with Crippen LogP contribution in [0.3, 0.4) is 0 Å². The average Bonchev–Trinajstić information content (AvgIpc) is 3.16. The lowest BCUT2D eigenvalue weighted by Gasteiger charge is -2.54. The molecule has 3 nitrogen and oxygen atoms in total. The molecule has 25 heavy (non-hydrogen) atoms. The van der Waals surface area contributed by atoms with Gasteiger partial charge in [0.25, 0.3) is 0 Å². The minimum Gasteiger partial charge on any atom is -0.389 e. The van der Waals surface area contributed by atoms with Crippen molar-refractivity contribution < 1.29 is 19.0 Å². The molecule has 0 bridgehead atoms. The molecule has 1 heterocycles. The second-order valence-electron chi connectivity index (χ2n) is 9.18. The van der Waals surface area contributed by atoms with E-state index in [0.717, 1.165) is 50.5 Å². The molecule has 0 aromatic rings. The Bertz CT molecular complexity index is 662.